The van der Waals surface area contributed by atoms with Crippen LogP contribution < -0.4 is 10.6 Å². The maximum absolute atomic E-state index is 13.5. The molecule has 31 heavy (non-hydrogen) atoms. The fourth-order valence-electron chi connectivity index (χ4n) is 4.26. The first kappa shape index (κ1) is 21.5. The lowest BCUT2D eigenvalue weighted by atomic mass is 10.0. The fraction of sp³-hybridized carbons (Fsp3) is 0.381. The Morgan fingerprint density at radius 3 is 2.55 bits per heavy atom. The zero-order chi connectivity index (χ0) is 22.5. The molecule has 164 valence electrons. The lowest BCUT2D eigenvalue weighted by molar-refractivity contribution is -0.118. The van der Waals surface area contributed by atoms with Crippen molar-refractivity contribution >= 4 is 34.5 Å². The number of hydrogen-bond acceptors (Lipinski definition) is 4. The summed E-state index contributed by atoms with van der Waals surface area (Å²) >= 11 is -0.998. The smallest absolute Gasteiger partial charge is 0.293 e. The van der Waals surface area contributed by atoms with E-state index in [9.17, 15) is 27.7 Å². The number of amides is 2. The van der Waals surface area contributed by atoms with Crippen molar-refractivity contribution in [1.82, 2.24) is 9.88 Å². The van der Waals surface area contributed by atoms with Crippen molar-refractivity contribution in [3.63, 3.8) is 0 Å². The molecule has 0 aliphatic carbocycles. The maximum atomic E-state index is 13.5. The first-order valence-corrected chi connectivity index (χ1v) is 11.3. The Kier molecular flexibility index (Phi) is 5.38. The number of Topliss-reactive ketones (excluding diaryl/α,β-unsaturated/α-hetero) is 1. The topological polar surface area (TPSA) is 103 Å². The van der Waals surface area contributed by atoms with Crippen LogP contribution in [0.2, 0.25) is 0 Å². The molecule has 0 bridgehead atoms. The highest BCUT2D eigenvalue weighted by atomic mass is 32.2. The van der Waals surface area contributed by atoms with E-state index in [0.29, 0.717) is 42.1 Å². The van der Waals surface area contributed by atoms with Crippen LogP contribution in [0.15, 0.2) is 18.2 Å². The van der Waals surface area contributed by atoms with Crippen LogP contribution in [0.4, 0.5) is 14.5 Å². The molecule has 0 spiro atoms. The molecule has 0 radical (unpaired) electrons. The number of nitrogens with one attached hydrogen (secondary N) is 2. The second kappa shape index (κ2) is 7.76. The molecular weight excluding hydrogens is 428 g/mol. The van der Waals surface area contributed by atoms with Gasteiger partial charge in [0.2, 0.25) is 0 Å². The van der Waals surface area contributed by atoms with Crippen LogP contribution in [0.3, 0.4) is 0 Å². The highest BCUT2D eigenvalue weighted by Gasteiger charge is 2.47. The summed E-state index contributed by atoms with van der Waals surface area (Å²) in [4.78, 5) is 38.5. The molecule has 0 saturated carbocycles. The van der Waals surface area contributed by atoms with Crippen molar-refractivity contribution in [3.8, 4) is 0 Å². The second-order valence-corrected chi connectivity index (χ2v) is 9.66. The zero-order valence-corrected chi connectivity index (χ0v) is 17.8. The number of fused-ring (bicyclic) bond motifs is 1. The minimum absolute atomic E-state index is 0.0772. The van der Waals surface area contributed by atoms with Gasteiger partial charge in [0.25, 0.3) is 17.6 Å². The fourth-order valence-corrected chi connectivity index (χ4v) is 5.74. The Hall–Kier alpha value is -2.72. The molecule has 0 atom stereocenters. The van der Waals surface area contributed by atoms with Crippen molar-refractivity contribution in [2.24, 2.45) is 0 Å². The number of halogens is 2. The third-order valence-corrected chi connectivity index (χ3v) is 7.53. The van der Waals surface area contributed by atoms with Crippen LogP contribution >= 0.6 is 0 Å². The first-order valence-electron chi connectivity index (χ1n) is 9.80. The molecule has 1 fully saturated rings. The average Bonchev–Trinajstić information content (AvgIpc) is 3.22. The minimum atomic E-state index is -1.09. The number of hydrogen-bond donors (Lipinski definition) is 2. The number of nitrogens with zero attached hydrogens (tertiary/aromatic N) is 1. The molecule has 2 aliphatic rings. The average molecular weight is 449 g/mol. The van der Waals surface area contributed by atoms with Gasteiger partial charge in [-0.25, -0.2) is 8.78 Å². The standard InChI is InChI=1S/C21H21F2N3O4S/c1-11-16(18(27)20(29)25-21(2)9-31(30)10-21)15-4-3-7-26(15)17(11)19(28)24-12-5-6-13(22)14(23)8-12/h5-6,8H,3-4,7,9-10H2,1-2H3,(H,24,28)(H,25,29). The van der Waals surface area contributed by atoms with Crippen molar-refractivity contribution in [2.75, 3.05) is 16.8 Å². The largest absolute Gasteiger partial charge is 0.616 e. The summed E-state index contributed by atoms with van der Waals surface area (Å²) in [5.41, 5.74) is 0.765. The predicted octanol–water partition coefficient (Wildman–Crippen LogP) is 2.09. The summed E-state index contributed by atoms with van der Waals surface area (Å²) < 4.78 is 39.7. The van der Waals surface area contributed by atoms with Gasteiger partial charge in [0.05, 0.1) is 5.56 Å². The van der Waals surface area contributed by atoms with Crippen molar-refractivity contribution in [3.05, 3.63) is 52.3 Å². The second-order valence-electron chi connectivity index (χ2n) is 8.21. The molecule has 2 aliphatic heterocycles. The normalized spacial score (nSPS) is 21.9. The lowest BCUT2D eigenvalue weighted by Gasteiger charge is -2.39. The summed E-state index contributed by atoms with van der Waals surface area (Å²) in [6.45, 7) is 3.83. The summed E-state index contributed by atoms with van der Waals surface area (Å²) in [5.74, 6) is -3.65. The maximum Gasteiger partial charge on any atom is 0.293 e. The molecule has 7 nitrogen and oxygen atoms in total. The molecule has 2 amide bonds. The Balaban J connectivity index is 1.61. The van der Waals surface area contributed by atoms with E-state index < -0.39 is 45.9 Å². The van der Waals surface area contributed by atoms with Gasteiger partial charge in [-0.15, -0.1) is 0 Å². The number of ketones is 1. The summed E-state index contributed by atoms with van der Waals surface area (Å²) in [6, 6.07) is 3.02. The van der Waals surface area contributed by atoms with Gasteiger partial charge >= 0.3 is 0 Å². The molecule has 1 aromatic heterocycles. The van der Waals surface area contributed by atoms with E-state index in [1.807, 2.05) is 0 Å². The van der Waals surface area contributed by atoms with E-state index >= 15 is 0 Å². The number of carbonyl (C=O) groups is 3. The number of carbonyl (C=O) groups excluding carboxylic acids is 3. The quantitative estimate of drug-likeness (QED) is 0.414. The Morgan fingerprint density at radius 1 is 1.19 bits per heavy atom. The third-order valence-electron chi connectivity index (χ3n) is 5.61. The molecule has 10 heteroatoms. The first-order chi connectivity index (χ1) is 14.6. The molecular formula is C21H21F2N3O4S. The van der Waals surface area contributed by atoms with Crippen LogP contribution in [0, 0.1) is 18.6 Å². The monoisotopic (exact) mass is 449 g/mol. The number of anilines is 1. The Morgan fingerprint density at radius 2 is 1.90 bits per heavy atom. The third kappa shape index (κ3) is 3.85. The number of benzene rings is 1. The van der Waals surface area contributed by atoms with Gasteiger partial charge < -0.3 is 19.8 Å². The van der Waals surface area contributed by atoms with Crippen LogP contribution in [0.25, 0.3) is 0 Å². The molecule has 1 saturated heterocycles. The molecule has 2 N–H and O–H groups in total. The lowest BCUT2D eigenvalue weighted by Crippen LogP contribution is -2.64. The summed E-state index contributed by atoms with van der Waals surface area (Å²) in [5, 5.41) is 5.19. The highest BCUT2D eigenvalue weighted by Crippen LogP contribution is 2.31. The van der Waals surface area contributed by atoms with Gasteiger partial charge in [0.15, 0.2) is 11.6 Å². The van der Waals surface area contributed by atoms with Crippen molar-refractivity contribution in [1.29, 1.82) is 0 Å². The van der Waals surface area contributed by atoms with Crippen LogP contribution in [-0.2, 0) is 28.9 Å². The SMILES string of the molecule is Cc1c(C(=O)C(=O)NC2(C)C[S+]([O-])C2)c2n(c1C(=O)Nc1ccc(F)c(F)c1)CCC2. The van der Waals surface area contributed by atoms with E-state index in [4.69, 9.17) is 0 Å². The van der Waals surface area contributed by atoms with Gasteiger partial charge in [0.1, 0.15) is 22.7 Å². The molecule has 0 unspecified atom stereocenters. The van der Waals surface area contributed by atoms with E-state index in [1.165, 1.54) is 6.07 Å². The highest BCUT2D eigenvalue weighted by molar-refractivity contribution is 7.93. The number of aromatic nitrogens is 1. The van der Waals surface area contributed by atoms with Gasteiger partial charge in [-0.2, -0.15) is 0 Å². The summed E-state index contributed by atoms with van der Waals surface area (Å²) in [7, 11) is 0. The van der Waals surface area contributed by atoms with Crippen LogP contribution in [-0.4, -0.2) is 43.8 Å². The molecule has 4 rings (SSSR count). The minimum Gasteiger partial charge on any atom is -0.616 e. The van der Waals surface area contributed by atoms with Gasteiger partial charge in [-0.1, -0.05) is 0 Å². The van der Waals surface area contributed by atoms with E-state index in [-0.39, 0.29) is 16.9 Å². The van der Waals surface area contributed by atoms with E-state index in [2.05, 4.69) is 10.6 Å². The summed E-state index contributed by atoms with van der Waals surface area (Å²) in [6.07, 6.45) is 1.24. The van der Waals surface area contributed by atoms with Crippen molar-refractivity contribution in [2.45, 2.75) is 38.8 Å². The van der Waals surface area contributed by atoms with E-state index in [0.717, 1.165) is 12.1 Å². The van der Waals surface area contributed by atoms with Crippen LogP contribution in [0.5, 0.6) is 0 Å². The Labute approximate surface area is 180 Å². The Bertz CT molecular complexity index is 1110. The van der Waals surface area contributed by atoms with E-state index in [1.54, 1.807) is 18.4 Å². The number of rotatable bonds is 5. The predicted molar refractivity (Wildman–Crippen MR) is 111 cm³/mol. The zero-order valence-electron chi connectivity index (χ0n) is 17.0. The molecule has 1 aromatic carbocycles. The molecule has 2 aromatic rings. The van der Waals surface area contributed by atoms with Gasteiger partial charge in [0, 0.05) is 24.0 Å². The van der Waals surface area contributed by atoms with Crippen LogP contribution in [0.1, 0.15) is 45.4 Å². The van der Waals surface area contributed by atoms with Crippen molar-refractivity contribution < 1.29 is 27.7 Å². The van der Waals surface area contributed by atoms with Gasteiger partial charge in [-0.3, -0.25) is 14.4 Å². The molecule has 3 heterocycles. The van der Waals surface area contributed by atoms with Gasteiger partial charge in [-0.05, 0) is 55.6 Å².